The first-order chi connectivity index (χ1) is 18.7. The van der Waals surface area contributed by atoms with Crippen molar-refractivity contribution in [3.05, 3.63) is 31.5 Å². The highest BCUT2D eigenvalue weighted by Gasteiger charge is 2.47. The van der Waals surface area contributed by atoms with E-state index in [4.69, 9.17) is 25.2 Å². The highest BCUT2D eigenvalue weighted by Crippen LogP contribution is 2.66. The molecule has 4 aromatic heterocycles. The number of imidazole rings is 2. The second-order valence-electron chi connectivity index (χ2n) is 7.68. The van der Waals surface area contributed by atoms with Gasteiger partial charge in [-0.2, -0.15) is 8.62 Å². The first-order valence-electron chi connectivity index (χ1n) is 10.5. The van der Waals surface area contributed by atoms with Gasteiger partial charge in [0, 0.05) is 0 Å². The van der Waals surface area contributed by atoms with Crippen molar-refractivity contribution in [1.82, 2.24) is 39.5 Å². The molecule has 6 atom stereocenters. The summed E-state index contributed by atoms with van der Waals surface area (Å²) in [4.78, 5) is 61.7. The molecule has 0 bridgehead atoms. The molecule has 0 radical (unpaired) electrons. The van der Waals surface area contributed by atoms with E-state index < -0.39 is 54.6 Å². The lowest BCUT2D eigenvalue weighted by Crippen LogP contribution is -2.33. The minimum absolute atomic E-state index is 0. The van der Waals surface area contributed by atoms with Crippen LogP contribution in [0.1, 0.15) is 6.23 Å². The fourth-order valence-corrected chi connectivity index (χ4v) is 6.34. The van der Waals surface area contributed by atoms with Crippen LogP contribution in [-0.4, -0.2) is 105 Å². The van der Waals surface area contributed by atoms with E-state index in [1.54, 1.807) is 12.5 Å². The first kappa shape index (κ1) is 35.3. The summed E-state index contributed by atoms with van der Waals surface area (Å²) >= 11 is 0. The predicted molar refractivity (Wildman–Crippen MR) is 134 cm³/mol. The molecule has 0 amide bonds. The number of anilines is 1. The van der Waals surface area contributed by atoms with E-state index in [9.17, 15) is 28.8 Å². The molecule has 2 unspecified atom stereocenters. The molecule has 5 rings (SSSR count). The number of hydrogen-bond donors (Lipinski definition) is 8. The molecule has 0 saturated carbocycles. The molecule has 4 aromatic rings. The molecule has 0 aliphatic carbocycles. The Kier molecular flexibility index (Phi) is 11.4. The molecule has 13 N–H and O–H groups in total. The largest absolute Gasteiger partial charge is 0.490 e. The maximum atomic E-state index is 11.8. The maximum absolute atomic E-state index is 11.8. The van der Waals surface area contributed by atoms with Crippen LogP contribution in [0.2, 0.25) is 0 Å². The van der Waals surface area contributed by atoms with Crippen molar-refractivity contribution in [2.45, 2.75) is 24.5 Å². The highest BCUT2D eigenvalue weighted by molar-refractivity contribution is 7.66. The van der Waals surface area contributed by atoms with Crippen molar-refractivity contribution in [1.29, 1.82) is 0 Å². The number of aromatic amines is 1. The van der Waals surface area contributed by atoms with Crippen molar-refractivity contribution in [2.75, 3.05) is 12.3 Å². The number of nitrogen functional groups attached to an aromatic ring is 1. The number of aliphatic hydroxyl groups is 2. The SMILES string of the molecule is Nc1ncnc2c1ncn2[C@@H]1O[C@H](COP(=O)(O)OP(=O)(O)OP(=O)(O)O)[C@@H](O)[C@H]1O.O.O.c1ncc2[nH]cnc2n1. The Labute approximate surface area is 232 Å². The van der Waals surface area contributed by atoms with Gasteiger partial charge in [-0.3, -0.25) is 9.09 Å². The molecule has 234 valence electrons. The first-order valence-corrected chi connectivity index (χ1v) is 15.0. The van der Waals surface area contributed by atoms with Gasteiger partial charge in [0.15, 0.2) is 23.3 Å². The monoisotopic (exact) mass is 663 g/mol. The normalized spacial score (nSPS) is 23.2. The smallest absolute Gasteiger partial charge is 0.412 e. The van der Waals surface area contributed by atoms with Crippen molar-refractivity contribution >= 4 is 51.6 Å². The van der Waals surface area contributed by atoms with E-state index in [0.717, 1.165) is 11.8 Å². The van der Waals surface area contributed by atoms with Crippen LogP contribution in [0.5, 0.6) is 0 Å². The van der Waals surface area contributed by atoms with Gasteiger partial charge in [-0.25, -0.2) is 43.6 Å². The lowest BCUT2D eigenvalue weighted by Gasteiger charge is -2.19. The van der Waals surface area contributed by atoms with Crippen LogP contribution in [0, 0.1) is 0 Å². The zero-order chi connectivity index (χ0) is 29.3. The Bertz CT molecular complexity index is 1600. The van der Waals surface area contributed by atoms with E-state index in [0.29, 0.717) is 5.65 Å². The van der Waals surface area contributed by atoms with Crippen LogP contribution >= 0.6 is 23.5 Å². The lowest BCUT2D eigenvalue weighted by atomic mass is 10.1. The quantitative estimate of drug-likeness (QED) is 0.0874. The van der Waals surface area contributed by atoms with Gasteiger partial charge in [-0.1, -0.05) is 0 Å². The minimum Gasteiger partial charge on any atom is -0.412 e. The third-order valence-electron chi connectivity index (χ3n) is 4.91. The van der Waals surface area contributed by atoms with Crippen molar-refractivity contribution < 1.29 is 72.3 Å². The van der Waals surface area contributed by atoms with Crippen LogP contribution < -0.4 is 5.73 Å². The number of hydrogen-bond acceptors (Lipinski definition) is 16. The number of fused-ring (bicyclic) bond motifs is 2. The molecule has 5 heterocycles. The van der Waals surface area contributed by atoms with E-state index in [1.165, 1.54) is 17.2 Å². The van der Waals surface area contributed by atoms with E-state index in [-0.39, 0.29) is 27.9 Å². The average Bonchev–Trinajstić information content (AvgIpc) is 3.55. The van der Waals surface area contributed by atoms with Gasteiger partial charge in [0.05, 0.1) is 25.5 Å². The maximum Gasteiger partial charge on any atom is 0.490 e. The zero-order valence-corrected chi connectivity index (χ0v) is 23.2. The summed E-state index contributed by atoms with van der Waals surface area (Å²) in [6, 6.07) is 0. The molecule has 1 aliphatic heterocycles. The molecule has 24 nitrogen and oxygen atoms in total. The van der Waals surface area contributed by atoms with E-state index in [1.807, 2.05) is 0 Å². The number of nitrogens with two attached hydrogens (primary N) is 1. The summed E-state index contributed by atoms with van der Waals surface area (Å²) in [5.74, 6) is 0.0426. The highest BCUT2D eigenvalue weighted by atomic mass is 31.3. The molecular weight excluding hydrogens is 639 g/mol. The van der Waals surface area contributed by atoms with Crippen LogP contribution in [-0.2, 0) is 31.6 Å². The Morgan fingerprint density at radius 3 is 2.33 bits per heavy atom. The van der Waals surface area contributed by atoms with Gasteiger partial charge in [0.2, 0.25) is 0 Å². The topological polar surface area (TPSA) is 397 Å². The molecule has 1 saturated heterocycles. The fraction of sp³-hybridized carbons (Fsp3) is 0.333. The molecule has 1 fully saturated rings. The summed E-state index contributed by atoms with van der Waals surface area (Å²) in [6.07, 6.45) is 1.07. The number of nitrogens with zero attached hydrogens (tertiary/aromatic N) is 7. The average molecular weight is 663 g/mol. The number of aromatic nitrogens is 8. The summed E-state index contributed by atoms with van der Waals surface area (Å²) in [5, 5.41) is 20.4. The zero-order valence-electron chi connectivity index (χ0n) is 20.5. The van der Waals surface area contributed by atoms with E-state index in [2.05, 4.69) is 48.0 Å². The Morgan fingerprint density at radius 1 is 0.952 bits per heavy atom. The van der Waals surface area contributed by atoms with Crippen LogP contribution in [0.25, 0.3) is 22.3 Å². The lowest BCUT2D eigenvalue weighted by molar-refractivity contribution is -0.0503. The Morgan fingerprint density at radius 2 is 1.67 bits per heavy atom. The van der Waals surface area contributed by atoms with Crippen LogP contribution in [0.15, 0.2) is 31.5 Å². The minimum atomic E-state index is -5.70. The Hall–Kier alpha value is -2.89. The van der Waals surface area contributed by atoms with Gasteiger partial charge in [-0.15, -0.1) is 0 Å². The van der Waals surface area contributed by atoms with Crippen molar-refractivity contribution in [3.63, 3.8) is 0 Å². The molecule has 0 spiro atoms. The standard InChI is InChI=1S/C10H16N5O13P3.C5H4N4.2H2O/c11-8-5-9(13-2-12-8)15(3-14-5)10-7(17)6(16)4(26-10)1-25-30(21,22)28-31(23,24)27-29(18,19)20;1-4-5(8-2-6-1)9-3-7-4;;/h2-4,6-7,10,16-17H,1H2,(H,21,22)(H,23,24)(H2,11,12,13)(H2,18,19,20);1-3H,(H,6,7,8,9);2*1H2/t4-,6-,7-,10-;;;/m1.../s1. The number of phosphoric acid groups is 3. The third-order valence-corrected chi connectivity index (χ3v) is 8.72. The Balaban J connectivity index is 0.000000473. The van der Waals surface area contributed by atoms with Crippen molar-refractivity contribution in [2.24, 2.45) is 0 Å². The second kappa shape index (κ2) is 13.6. The predicted octanol–water partition coefficient (Wildman–Crippen LogP) is -2.93. The number of phosphoric ester groups is 1. The molecule has 27 heteroatoms. The summed E-state index contributed by atoms with van der Waals surface area (Å²) < 4.78 is 51.9. The number of nitrogens with one attached hydrogen (secondary N) is 1. The number of ether oxygens (including phenoxy) is 1. The van der Waals surface area contributed by atoms with Gasteiger partial charge in [-0.05, 0) is 0 Å². The molecular formula is C15H24N9O15P3. The summed E-state index contributed by atoms with van der Waals surface area (Å²) in [6.45, 7) is -0.956. The van der Waals surface area contributed by atoms with E-state index >= 15 is 0 Å². The van der Waals surface area contributed by atoms with Crippen LogP contribution in [0.4, 0.5) is 5.82 Å². The number of rotatable bonds is 8. The molecule has 0 aromatic carbocycles. The second-order valence-corrected chi connectivity index (χ2v) is 12.1. The number of H-pyrrole nitrogens is 1. The number of aliphatic hydroxyl groups excluding tert-OH is 2. The molecule has 42 heavy (non-hydrogen) atoms. The third kappa shape index (κ3) is 8.58. The van der Waals surface area contributed by atoms with Gasteiger partial charge in [0.1, 0.15) is 42.0 Å². The fourth-order valence-electron chi connectivity index (χ4n) is 3.31. The molecule has 1 aliphatic rings. The van der Waals surface area contributed by atoms with Crippen molar-refractivity contribution in [3.8, 4) is 0 Å². The summed E-state index contributed by atoms with van der Waals surface area (Å²) in [5.41, 5.74) is 7.59. The van der Waals surface area contributed by atoms with Crippen LogP contribution in [0.3, 0.4) is 0 Å². The van der Waals surface area contributed by atoms with Gasteiger partial charge in [0.25, 0.3) is 0 Å². The van der Waals surface area contributed by atoms with Gasteiger partial charge < -0.3 is 56.2 Å². The summed E-state index contributed by atoms with van der Waals surface area (Å²) in [7, 11) is -16.7. The van der Waals surface area contributed by atoms with Gasteiger partial charge >= 0.3 is 23.5 Å².